The maximum Gasteiger partial charge on any atom is 0.529 e. The summed E-state index contributed by atoms with van der Waals surface area (Å²) < 4.78 is 34.9. The molecule has 1 atom stereocenters. The first-order chi connectivity index (χ1) is 12.0. The zero-order valence-electron chi connectivity index (χ0n) is 15.0. The fourth-order valence-corrected chi connectivity index (χ4v) is 3.32. The van der Waals surface area contributed by atoms with E-state index in [1.807, 2.05) is 0 Å². The molecule has 0 aromatic heterocycles. The minimum atomic E-state index is -4.34. The van der Waals surface area contributed by atoms with E-state index in [0.29, 0.717) is 5.56 Å². The lowest BCUT2D eigenvalue weighted by atomic mass is 10.2. The molecular weight excluding hydrogens is 366 g/mol. The Bertz CT molecular complexity index is 712. The van der Waals surface area contributed by atoms with Gasteiger partial charge in [0.1, 0.15) is 5.60 Å². The summed E-state index contributed by atoms with van der Waals surface area (Å²) in [5.74, 6) is -1.66. The fourth-order valence-electron chi connectivity index (χ4n) is 1.87. The van der Waals surface area contributed by atoms with Crippen molar-refractivity contribution in [2.24, 2.45) is 0 Å². The van der Waals surface area contributed by atoms with E-state index in [9.17, 15) is 23.1 Å². The number of benzene rings is 1. The zero-order valence-corrected chi connectivity index (χ0v) is 15.9. The Kier molecular flexibility index (Phi) is 7.54. The number of rotatable bonds is 7. The normalized spacial score (nSPS) is 13.2. The Morgan fingerprint density at radius 1 is 1.19 bits per heavy atom. The molecule has 0 aliphatic rings. The van der Waals surface area contributed by atoms with Crippen molar-refractivity contribution in [3.05, 3.63) is 35.9 Å². The lowest BCUT2D eigenvalue weighted by Gasteiger charge is -2.27. The van der Waals surface area contributed by atoms with Gasteiger partial charge in [-0.05, 0) is 30.8 Å². The Morgan fingerprint density at radius 3 is 2.23 bits per heavy atom. The number of hydroxylamine groups is 1. The van der Waals surface area contributed by atoms with E-state index in [-0.39, 0.29) is 4.47 Å². The number of esters is 1. The average Bonchev–Trinajstić information content (AvgIpc) is 2.53. The minimum absolute atomic E-state index is 0.125. The van der Waals surface area contributed by atoms with Crippen molar-refractivity contribution in [2.45, 2.75) is 38.2 Å². The van der Waals surface area contributed by atoms with Crippen LogP contribution in [-0.4, -0.2) is 55.5 Å². The monoisotopic (exact) mass is 389 g/mol. The number of hydrogen-bond acceptors (Lipinski definition) is 8. The number of sulfonamides is 1. The number of methoxy groups -OCH3 is 1. The Hall–Kier alpha value is -2.17. The highest BCUT2D eigenvalue weighted by Crippen LogP contribution is 2.18. The summed E-state index contributed by atoms with van der Waals surface area (Å²) in [7, 11) is -3.33. The Labute approximate surface area is 152 Å². The fraction of sp³-hybridized carbons (Fsp3) is 0.500. The lowest BCUT2D eigenvalue weighted by molar-refractivity contribution is -0.163. The van der Waals surface area contributed by atoms with Gasteiger partial charge in [0.05, 0.1) is 19.5 Å². The van der Waals surface area contributed by atoms with Crippen LogP contribution in [0, 0.1) is 0 Å². The van der Waals surface area contributed by atoms with Gasteiger partial charge in [0.15, 0.2) is 6.04 Å². The minimum Gasteiger partial charge on any atom is -0.468 e. The molecule has 146 valence electrons. The first-order valence-electron chi connectivity index (χ1n) is 7.66. The zero-order chi connectivity index (χ0) is 20.0. The molecular formula is C16H23NO8S. The van der Waals surface area contributed by atoms with Crippen LogP contribution in [0.5, 0.6) is 0 Å². The predicted octanol–water partition coefficient (Wildman–Crippen LogP) is 1.22. The molecule has 0 unspecified atom stereocenters. The number of carbonyl (C=O) groups is 2. The number of aliphatic hydroxyl groups excluding tert-OH is 1. The van der Waals surface area contributed by atoms with Gasteiger partial charge in [-0.25, -0.2) is 13.2 Å². The molecule has 1 aromatic rings. The van der Waals surface area contributed by atoms with Gasteiger partial charge in [0.2, 0.25) is 10.0 Å². The quantitative estimate of drug-likeness (QED) is 0.546. The van der Waals surface area contributed by atoms with Crippen molar-refractivity contribution in [3.63, 3.8) is 0 Å². The molecule has 1 rings (SSSR count). The van der Waals surface area contributed by atoms with Crippen LogP contribution in [0.3, 0.4) is 0 Å². The molecule has 0 radical (unpaired) electrons. The smallest absolute Gasteiger partial charge is 0.468 e. The number of nitrogens with zero attached hydrogens (tertiary/aromatic N) is 1. The molecule has 1 aromatic carbocycles. The highest BCUT2D eigenvalue weighted by atomic mass is 32.2. The molecule has 0 aliphatic carbocycles. The summed E-state index contributed by atoms with van der Waals surface area (Å²) in [4.78, 5) is 28.5. The van der Waals surface area contributed by atoms with Crippen LogP contribution in [0.4, 0.5) is 4.79 Å². The topological polar surface area (TPSA) is 119 Å². The molecule has 0 aliphatic heterocycles. The second-order valence-electron chi connectivity index (χ2n) is 6.27. The molecule has 0 bridgehead atoms. The predicted molar refractivity (Wildman–Crippen MR) is 91.1 cm³/mol. The third-order valence-electron chi connectivity index (χ3n) is 2.92. The highest BCUT2D eigenvalue weighted by Gasteiger charge is 2.40. The summed E-state index contributed by atoms with van der Waals surface area (Å²) in [5.41, 5.74) is -0.557. The lowest BCUT2D eigenvalue weighted by Crippen LogP contribution is -2.49. The summed E-state index contributed by atoms with van der Waals surface area (Å²) in [5, 5.41) is 9.43. The number of carbonyl (C=O) groups excluding carboxylic acids is 2. The number of aliphatic hydroxyl groups is 1. The van der Waals surface area contributed by atoms with Crippen LogP contribution in [0.25, 0.3) is 0 Å². The van der Waals surface area contributed by atoms with Gasteiger partial charge in [-0.2, -0.15) is 0 Å². The van der Waals surface area contributed by atoms with Crippen molar-refractivity contribution in [2.75, 3.05) is 13.7 Å². The van der Waals surface area contributed by atoms with Crippen molar-refractivity contribution in [3.8, 4) is 0 Å². The van der Waals surface area contributed by atoms with E-state index in [1.54, 1.807) is 51.1 Å². The van der Waals surface area contributed by atoms with Crippen molar-refractivity contribution >= 4 is 22.1 Å². The largest absolute Gasteiger partial charge is 0.529 e. The van der Waals surface area contributed by atoms with Crippen molar-refractivity contribution in [1.29, 1.82) is 0 Å². The van der Waals surface area contributed by atoms with Crippen LogP contribution in [-0.2, 0) is 34.9 Å². The van der Waals surface area contributed by atoms with E-state index in [4.69, 9.17) is 9.57 Å². The van der Waals surface area contributed by atoms with Crippen LogP contribution in [0.15, 0.2) is 30.3 Å². The number of ether oxygens (including phenoxy) is 2. The molecule has 1 N–H and O–H groups in total. The molecule has 0 heterocycles. The van der Waals surface area contributed by atoms with Crippen LogP contribution < -0.4 is 0 Å². The molecule has 26 heavy (non-hydrogen) atoms. The summed E-state index contributed by atoms with van der Waals surface area (Å²) in [6, 6.07) is 6.31. The van der Waals surface area contributed by atoms with Gasteiger partial charge in [-0.15, -0.1) is 0 Å². The third-order valence-corrected chi connectivity index (χ3v) is 4.50. The Morgan fingerprint density at radius 2 is 1.77 bits per heavy atom. The van der Waals surface area contributed by atoms with Crippen LogP contribution in [0.1, 0.15) is 26.3 Å². The molecule has 9 nitrogen and oxygen atoms in total. The average molecular weight is 389 g/mol. The summed E-state index contributed by atoms with van der Waals surface area (Å²) in [6.07, 6.45) is -1.34. The van der Waals surface area contributed by atoms with Gasteiger partial charge < -0.3 is 19.4 Å². The number of hydrogen-bond donors (Lipinski definition) is 1. The van der Waals surface area contributed by atoms with E-state index < -0.39 is 46.2 Å². The maximum atomic E-state index is 12.7. The molecule has 0 fully saturated rings. The second kappa shape index (κ2) is 8.97. The van der Waals surface area contributed by atoms with Gasteiger partial charge in [-0.1, -0.05) is 30.3 Å². The second-order valence-corrected chi connectivity index (χ2v) is 8.09. The third kappa shape index (κ3) is 6.62. The first-order valence-corrected chi connectivity index (χ1v) is 9.26. The van der Waals surface area contributed by atoms with E-state index in [0.717, 1.165) is 7.11 Å². The van der Waals surface area contributed by atoms with Gasteiger partial charge in [0, 0.05) is 0 Å². The molecule has 0 saturated carbocycles. The van der Waals surface area contributed by atoms with E-state index in [1.165, 1.54) is 0 Å². The maximum absolute atomic E-state index is 12.7. The SMILES string of the molecule is COC(=O)[C@H](CO)N(OC(=O)OC(C)(C)C)S(=O)(=O)Cc1ccccc1. The van der Waals surface area contributed by atoms with Crippen LogP contribution in [0.2, 0.25) is 0 Å². The summed E-state index contributed by atoms with van der Waals surface area (Å²) in [6.45, 7) is 3.71. The molecule has 0 saturated heterocycles. The molecule has 0 spiro atoms. The molecule has 0 amide bonds. The van der Waals surface area contributed by atoms with Gasteiger partial charge in [0.25, 0.3) is 0 Å². The van der Waals surface area contributed by atoms with Gasteiger partial charge in [-0.3, -0.25) is 4.79 Å². The van der Waals surface area contributed by atoms with Crippen molar-refractivity contribution in [1.82, 2.24) is 4.47 Å². The standard InChI is InChI=1S/C16H23NO8S/c1-16(2,3)24-15(20)25-17(13(10-18)14(19)23-4)26(21,22)11-12-8-6-5-7-9-12/h5-9,13,18H,10-11H2,1-4H3/t13-/m0/s1. The van der Waals surface area contributed by atoms with Crippen molar-refractivity contribution < 1.29 is 37.4 Å². The van der Waals surface area contributed by atoms with E-state index in [2.05, 4.69) is 4.74 Å². The van der Waals surface area contributed by atoms with Crippen LogP contribution >= 0.6 is 0 Å². The Balaban J connectivity index is 3.17. The summed E-state index contributed by atoms with van der Waals surface area (Å²) >= 11 is 0. The highest BCUT2D eigenvalue weighted by molar-refractivity contribution is 7.88. The molecule has 10 heteroatoms. The van der Waals surface area contributed by atoms with Gasteiger partial charge >= 0.3 is 12.1 Å². The first kappa shape index (κ1) is 21.9. The van der Waals surface area contributed by atoms with E-state index >= 15 is 0 Å².